The number of imidazole rings is 1. The number of benzene rings is 1. The van der Waals surface area contributed by atoms with Gasteiger partial charge in [-0.2, -0.15) is 0 Å². The van der Waals surface area contributed by atoms with E-state index in [1.165, 1.54) is 0 Å². The van der Waals surface area contributed by atoms with Crippen molar-refractivity contribution in [3.8, 4) is 0 Å². The van der Waals surface area contributed by atoms with Crippen LogP contribution in [0.4, 0.5) is 0 Å². The molecule has 0 aliphatic carbocycles. The molecule has 20 heavy (non-hydrogen) atoms. The zero-order valence-electron chi connectivity index (χ0n) is 11.7. The molecule has 1 aliphatic rings. The molecule has 0 saturated carbocycles. The first-order valence-corrected chi connectivity index (χ1v) is 6.88. The van der Waals surface area contributed by atoms with Crippen LogP contribution in [0.15, 0.2) is 18.2 Å². The number of hydrogen-bond acceptors (Lipinski definition) is 3. The molecule has 1 N–H and O–H groups in total. The van der Waals surface area contributed by atoms with E-state index < -0.39 is 5.97 Å². The molecule has 1 unspecified atom stereocenters. The van der Waals surface area contributed by atoms with Crippen molar-refractivity contribution in [2.45, 2.75) is 32.2 Å². The Morgan fingerprint density at radius 1 is 1.55 bits per heavy atom. The molecule has 1 atom stereocenters. The van der Waals surface area contributed by atoms with E-state index in [1.54, 1.807) is 18.2 Å². The van der Waals surface area contributed by atoms with Crippen LogP contribution in [0.25, 0.3) is 11.0 Å². The topological polar surface area (TPSA) is 64.3 Å². The quantitative estimate of drug-likeness (QED) is 0.933. The fraction of sp³-hybridized carbons (Fsp3) is 0.467. The van der Waals surface area contributed by atoms with Crippen molar-refractivity contribution < 1.29 is 14.6 Å². The van der Waals surface area contributed by atoms with Gasteiger partial charge in [-0.3, -0.25) is 0 Å². The monoisotopic (exact) mass is 274 g/mol. The van der Waals surface area contributed by atoms with Crippen LogP contribution in [-0.4, -0.2) is 33.8 Å². The van der Waals surface area contributed by atoms with Crippen molar-refractivity contribution in [2.24, 2.45) is 0 Å². The first-order valence-electron chi connectivity index (χ1n) is 6.88. The minimum Gasteiger partial charge on any atom is -0.478 e. The number of carbonyl (C=O) groups is 1. The van der Waals surface area contributed by atoms with Gasteiger partial charge in [0.25, 0.3) is 0 Å². The molecule has 2 heterocycles. The third kappa shape index (κ3) is 1.89. The van der Waals surface area contributed by atoms with Crippen LogP contribution >= 0.6 is 0 Å². The molecule has 1 aromatic heterocycles. The maximum Gasteiger partial charge on any atom is 0.335 e. The first kappa shape index (κ1) is 13.1. The van der Waals surface area contributed by atoms with Gasteiger partial charge in [0.05, 0.1) is 28.7 Å². The number of carboxylic acid groups (broad SMARTS) is 1. The molecular formula is C15H18N2O3. The van der Waals surface area contributed by atoms with Gasteiger partial charge in [0.1, 0.15) is 5.82 Å². The van der Waals surface area contributed by atoms with E-state index in [0.29, 0.717) is 12.2 Å². The lowest BCUT2D eigenvalue weighted by atomic mass is 10.0. The summed E-state index contributed by atoms with van der Waals surface area (Å²) in [5.74, 6) is 0.0704. The highest BCUT2D eigenvalue weighted by atomic mass is 16.5. The normalized spacial score (nSPS) is 22.5. The van der Waals surface area contributed by atoms with Crippen molar-refractivity contribution in [3.05, 3.63) is 29.6 Å². The lowest BCUT2D eigenvalue weighted by molar-refractivity contribution is 0.0697. The maximum absolute atomic E-state index is 11.2. The number of ether oxygens (including phenoxy) is 1. The second kappa shape index (κ2) is 4.59. The Labute approximate surface area is 117 Å². The van der Waals surface area contributed by atoms with Gasteiger partial charge < -0.3 is 14.4 Å². The van der Waals surface area contributed by atoms with E-state index in [0.717, 1.165) is 36.3 Å². The number of aromatic nitrogens is 2. The summed E-state index contributed by atoms with van der Waals surface area (Å²) in [7, 11) is 0. The molecule has 1 aromatic carbocycles. The smallest absolute Gasteiger partial charge is 0.335 e. The van der Waals surface area contributed by atoms with Crippen LogP contribution in [0, 0.1) is 0 Å². The molecule has 0 radical (unpaired) electrons. The van der Waals surface area contributed by atoms with E-state index in [4.69, 9.17) is 4.74 Å². The average Bonchev–Trinajstić information content (AvgIpc) is 3.01. The average molecular weight is 274 g/mol. The highest BCUT2D eigenvalue weighted by Crippen LogP contribution is 2.33. The maximum atomic E-state index is 11.2. The van der Waals surface area contributed by atoms with Crippen LogP contribution in [0.3, 0.4) is 0 Å². The number of carboxylic acids is 1. The van der Waals surface area contributed by atoms with Gasteiger partial charge in [-0.15, -0.1) is 0 Å². The predicted molar refractivity (Wildman–Crippen MR) is 75.2 cm³/mol. The summed E-state index contributed by atoms with van der Waals surface area (Å²) in [5.41, 5.74) is 1.88. The standard InChI is InChI=1S/C15H18N2O3/c1-3-13-16-11-5-4-10(14(18)19)8-12(11)17(13)15(2)6-7-20-9-15/h4-5,8H,3,6-7,9H2,1-2H3,(H,18,19). The number of aryl methyl sites for hydroxylation is 1. The Morgan fingerprint density at radius 3 is 2.95 bits per heavy atom. The second-order valence-electron chi connectivity index (χ2n) is 5.53. The molecule has 5 heteroatoms. The Bertz CT molecular complexity index is 669. The fourth-order valence-electron chi connectivity index (χ4n) is 2.93. The molecule has 2 aromatic rings. The van der Waals surface area contributed by atoms with E-state index in [-0.39, 0.29) is 5.54 Å². The van der Waals surface area contributed by atoms with Gasteiger partial charge in [-0.1, -0.05) is 6.92 Å². The number of fused-ring (bicyclic) bond motifs is 1. The van der Waals surface area contributed by atoms with Crippen molar-refractivity contribution in [2.75, 3.05) is 13.2 Å². The molecular weight excluding hydrogens is 256 g/mol. The Morgan fingerprint density at radius 2 is 2.35 bits per heavy atom. The van der Waals surface area contributed by atoms with E-state index in [2.05, 4.69) is 23.4 Å². The summed E-state index contributed by atoms with van der Waals surface area (Å²) >= 11 is 0. The van der Waals surface area contributed by atoms with E-state index >= 15 is 0 Å². The summed E-state index contributed by atoms with van der Waals surface area (Å²) in [6, 6.07) is 5.11. The van der Waals surface area contributed by atoms with Crippen molar-refractivity contribution >= 4 is 17.0 Å². The minimum atomic E-state index is -0.912. The molecule has 106 valence electrons. The van der Waals surface area contributed by atoms with Gasteiger partial charge in [-0.05, 0) is 31.5 Å². The molecule has 3 rings (SSSR count). The van der Waals surface area contributed by atoms with E-state index in [9.17, 15) is 9.90 Å². The number of rotatable bonds is 3. The van der Waals surface area contributed by atoms with Gasteiger partial charge in [-0.25, -0.2) is 9.78 Å². The molecule has 1 saturated heterocycles. The zero-order valence-corrected chi connectivity index (χ0v) is 11.7. The van der Waals surface area contributed by atoms with Crippen molar-refractivity contribution in [3.63, 3.8) is 0 Å². The summed E-state index contributed by atoms with van der Waals surface area (Å²) in [5, 5.41) is 9.17. The van der Waals surface area contributed by atoms with Gasteiger partial charge in [0.15, 0.2) is 0 Å². The molecule has 5 nitrogen and oxygen atoms in total. The second-order valence-corrected chi connectivity index (χ2v) is 5.53. The summed E-state index contributed by atoms with van der Waals surface area (Å²) in [4.78, 5) is 15.8. The molecule has 0 spiro atoms. The van der Waals surface area contributed by atoms with Crippen LogP contribution in [0.2, 0.25) is 0 Å². The summed E-state index contributed by atoms with van der Waals surface area (Å²) < 4.78 is 7.71. The number of nitrogens with zero attached hydrogens (tertiary/aromatic N) is 2. The molecule has 1 aliphatic heterocycles. The summed E-state index contributed by atoms with van der Waals surface area (Å²) in [6.07, 6.45) is 1.73. The first-order chi connectivity index (χ1) is 9.55. The highest BCUT2D eigenvalue weighted by molar-refractivity contribution is 5.92. The molecule has 0 amide bonds. The zero-order chi connectivity index (χ0) is 14.3. The van der Waals surface area contributed by atoms with Crippen LogP contribution in [0.5, 0.6) is 0 Å². The van der Waals surface area contributed by atoms with Gasteiger partial charge >= 0.3 is 5.97 Å². The van der Waals surface area contributed by atoms with Crippen molar-refractivity contribution in [1.29, 1.82) is 0 Å². The van der Waals surface area contributed by atoms with Crippen molar-refractivity contribution in [1.82, 2.24) is 9.55 Å². The predicted octanol–water partition coefficient (Wildman–Crippen LogP) is 2.43. The lowest BCUT2D eigenvalue weighted by Crippen LogP contribution is -2.31. The minimum absolute atomic E-state index is 0.142. The Kier molecular flexibility index (Phi) is 3.01. The third-order valence-corrected chi connectivity index (χ3v) is 4.02. The highest BCUT2D eigenvalue weighted by Gasteiger charge is 2.34. The third-order valence-electron chi connectivity index (χ3n) is 4.02. The van der Waals surface area contributed by atoms with E-state index in [1.807, 2.05) is 0 Å². The summed E-state index contributed by atoms with van der Waals surface area (Å²) in [6.45, 7) is 5.59. The molecule has 0 bridgehead atoms. The van der Waals surface area contributed by atoms with Crippen LogP contribution < -0.4 is 0 Å². The fourth-order valence-corrected chi connectivity index (χ4v) is 2.93. The van der Waals surface area contributed by atoms with Gasteiger partial charge in [0.2, 0.25) is 0 Å². The Hall–Kier alpha value is -1.88. The SMILES string of the molecule is CCc1nc2ccc(C(=O)O)cc2n1C1(C)CCOC1. The number of hydrogen-bond donors (Lipinski definition) is 1. The lowest BCUT2D eigenvalue weighted by Gasteiger charge is -2.27. The van der Waals surface area contributed by atoms with Crippen LogP contribution in [-0.2, 0) is 16.7 Å². The largest absolute Gasteiger partial charge is 0.478 e. The molecule has 1 fully saturated rings. The van der Waals surface area contributed by atoms with Crippen LogP contribution in [0.1, 0.15) is 36.5 Å². The Balaban J connectivity index is 2.26. The van der Waals surface area contributed by atoms with Gasteiger partial charge in [0, 0.05) is 13.0 Å². The number of aromatic carboxylic acids is 1.